The van der Waals surface area contributed by atoms with Crippen LogP contribution in [-0.2, 0) is 0 Å². The van der Waals surface area contributed by atoms with Gasteiger partial charge in [0.2, 0.25) is 0 Å². The maximum absolute atomic E-state index is 12.7. The summed E-state index contributed by atoms with van der Waals surface area (Å²) in [7, 11) is 0. The third kappa shape index (κ3) is 2.26. The lowest BCUT2D eigenvalue weighted by Crippen LogP contribution is -2.12. The predicted molar refractivity (Wildman–Crippen MR) is 110 cm³/mol. The lowest BCUT2D eigenvalue weighted by atomic mass is 10.1. The predicted octanol–water partition coefficient (Wildman–Crippen LogP) is 5.43. The van der Waals surface area contributed by atoms with E-state index in [1.165, 1.54) is 0 Å². The van der Waals surface area contributed by atoms with Crippen molar-refractivity contribution in [1.29, 1.82) is 0 Å². The first kappa shape index (κ1) is 15.3. The van der Waals surface area contributed by atoms with Crippen molar-refractivity contribution in [2.75, 3.05) is 0 Å². The van der Waals surface area contributed by atoms with Gasteiger partial charge in [0.05, 0.1) is 16.6 Å². The Morgan fingerprint density at radius 3 is 2.42 bits per heavy atom. The fourth-order valence-electron chi connectivity index (χ4n) is 3.48. The van der Waals surface area contributed by atoms with Gasteiger partial charge >= 0.3 is 0 Å². The van der Waals surface area contributed by atoms with E-state index in [2.05, 4.69) is 49.6 Å². The SMILES string of the molecule is O=c1nc2c3ccccc3cc(-c3ccccc3)n2c2ccc(Br)cc12. The molecule has 5 aromatic rings. The Kier molecular flexibility index (Phi) is 3.40. The summed E-state index contributed by atoms with van der Waals surface area (Å²) in [5, 5.41) is 2.63. The zero-order valence-electron chi connectivity index (χ0n) is 13.7. The van der Waals surface area contributed by atoms with Gasteiger partial charge in [-0.1, -0.05) is 70.5 Å². The number of hydrogen-bond acceptors (Lipinski definition) is 2. The first-order valence-electron chi connectivity index (χ1n) is 8.31. The van der Waals surface area contributed by atoms with Crippen LogP contribution in [0.1, 0.15) is 0 Å². The van der Waals surface area contributed by atoms with Gasteiger partial charge in [-0.25, -0.2) is 0 Å². The number of rotatable bonds is 1. The summed E-state index contributed by atoms with van der Waals surface area (Å²) in [5.74, 6) is 0. The molecular formula is C22H13BrN2O. The molecule has 0 amide bonds. The average molecular weight is 401 g/mol. The summed E-state index contributed by atoms with van der Waals surface area (Å²) in [6, 6.07) is 26.2. The Bertz CT molecular complexity index is 1360. The fraction of sp³-hybridized carbons (Fsp3) is 0. The van der Waals surface area contributed by atoms with Crippen LogP contribution in [0.15, 0.2) is 88.1 Å². The van der Waals surface area contributed by atoms with E-state index in [4.69, 9.17) is 0 Å². The standard InChI is InChI=1S/C22H13BrN2O/c23-16-10-11-19-18(13-16)22(26)24-21-17-9-5-4-8-15(17)12-20(25(19)21)14-6-2-1-3-7-14/h1-13H. The number of nitrogens with zero attached hydrogens (tertiary/aromatic N) is 2. The van der Waals surface area contributed by atoms with E-state index in [0.717, 1.165) is 32.0 Å². The Morgan fingerprint density at radius 1 is 0.808 bits per heavy atom. The summed E-state index contributed by atoms with van der Waals surface area (Å²) >= 11 is 3.46. The van der Waals surface area contributed by atoms with Gasteiger partial charge in [-0.2, -0.15) is 4.98 Å². The summed E-state index contributed by atoms with van der Waals surface area (Å²) in [5.41, 5.74) is 3.42. The molecule has 0 aliphatic rings. The van der Waals surface area contributed by atoms with Gasteiger partial charge in [0.15, 0.2) is 0 Å². The lowest BCUT2D eigenvalue weighted by Gasteiger charge is -2.15. The normalized spacial score (nSPS) is 11.4. The van der Waals surface area contributed by atoms with E-state index in [1.807, 2.05) is 54.6 Å². The van der Waals surface area contributed by atoms with Crippen LogP contribution in [0, 0.1) is 0 Å². The molecule has 124 valence electrons. The second kappa shape index (κ2) is 5.78. The maximum atomic E-state index is 12.7. The quantitative estimate of drug-likeness (QED) is 0.351. The minimum absolute atomic E-state index is 0.211. The van der Waals surface area contributed by atoms with Crippen molar-refractivity contribution >= 4 is 43.3 Å². The number of aromatic nitrogens is 2. The van der Waals surface area contributed by atoms with Gasteiger partial charge in [-0.3, -0.25) is 9.20 Å². The highest BCUT2D eigenvalue weighted by molar-refractivity contribution is 9.10. The third-order valence-corrected chi connectivity index (χ3v) is 5.15. The fourth-order valence-corrected chi connectivity index (χ4v) is 3.84. The molecule has 0 saturated heterocycles. The molecule has 0 N–H and O–H groups in total. The van der Waals surface area contributed by atoms with Gasteiger partial charge < -0.3 is 0 Å². The van der Waals surface area contributed by atoms with Crippen LogP contribution in [0.5, 0.6) is 0 Å². The Labute approximate surface area is 157 Å². The van der Waals surface area contributed by atoms with Gasteiger partial charge in [0.25, 0.3) is 5.56 Å². The highest BCUT2D eigenvalue weighted by Gasteiger charge is 2.13. The molecule has 2 aromatic heterocycles. The molecule has 0 aliphatic carbocycles. The number of benzene rings is 3. The van der Waals surface area contributed by atoms with Crippen LogP contribution < -0.4 is 5.56 Å². The second-order valence-electron chi connectivity index (χ2n) is 6.22. The topological polar surface area (TPSA) is 34.4 Å². The summed E-state index contributed by atoms with van der Waals surface area (Å²) < 4.78 is 2.95. The summed E-state index contributed by atoms with van der Waals surface area (Å²) in [6.45, 7) is 0. The molecule has 0 fully saturated rings. The Balaban J connectivity index is 2.10. The molecule has 3 aromatic carbocycles. The van der Waals surface area contributed by atoms with E-state index in [9.17, 15) is 4.79 Å². The number of pyridine rings is 1. The van der Waals surface area contributed by atoms with Crippen molar-refractivity contribution in [1.82, 2.24) is 9.38 Å². The van der Waals surface area contributed by atoms with E-state index >= 15 is 0 Å². The molecule has 0 aliphatic heterocycles. The van der Waals surface area contributed by atoms with Crippen molar-refractivity contribution < 1.29 is 0 Å². The first-order valence-corrected chi connectivity index (χ1v) is 9.11. The molecule has 0 radical (unpaired) electrons. The van der Waals surface area contributed by atoms with Crippen LogP contribution in [0.25, 0.3) is 38.6 Å². The van der Waals surface area contributed by atoms with Crippen LogP contribution in [-0.4, -0.2) is 9.38 Å². The zero-order chi connectivity index (χ0) is 17.7. The van der Waals surface area contributed by atoms with Gasteiger partial charge in [0.1, 0.15) is 5.65 Å². The highest BCUT2D eigenvalue weighted by Crippen LogP contribution is 2.30. The van der Waals surface area contributed by atoms with Gasteiger partial charge in [-0.15, -0.1) is 0 Å². The minimum Gasteiger partial charge on any atom is -0.293 e. The maximum Gasteiger partial charge on any atom is 0.281 e. The van der Waals surface area contributed by atoms with Crippen molar-refractivity contribution in [3.05, 3.63) is 93.7 Å². The largest absolute Gasteiger partial charge is 0.293 e. The summed E-state index contributed by atoms with van der Waals surface area (Å²) in [4.78, 5) is 17.1. The monoisotopic (exact) mass is 400 g/mol. The lowest BCUT2D eigenvalue weighted by molar-refractivity contribution is 1.15. The molecule has 5 rings (SSSR count). The van der Waals surface area contributed by atoms with E-state index in [1.54, 1.807) is 0 Å². The highest BCUT2D eigenvalue weighted by atomic mass is 79.9. The number of fused-ring (bicyclic) bond motifs is 5. The Morgan fingerprint density at radius 2 is 1.58 bits per heavy atom. The molecule has 0 bridgehead atoms. The van der Waals surface area contributed by atoms with Crippen LogP contribution in [0.3, 0.4) is 0 Å². The van der Waals surface area contributed by atoms with Crippen molar-refractivity contribution in [2.24, 2.45) is 0 Å². The number of halogens is 1. The minimum atomic E-state index is -0.211. The van der Waals surface area contributed by atoms with Crippen LogP contribution in [0.4, 0.5) is 0 Å². The molecule has 0 spiro atoms. The average Bonchev–Trinajstić information content (AvgIpc) is 2.68. The second-order valence-corrected chi connectivity index (χ2v) is 7.14. The molecule has 26 heavy (non-hydrogen) atoms. The van der Waals surface area contributed by atoms with Gasteiger partial charge in [-0.05, 0) is 35.2 Å². The van der Waals surface area contributed by atoms with E-state index < -0.39 is 0 Å². The molecule has 0 atom stereocenters. The Hall–Kier alpha value is -2.98. The van der Waals surface area contributed by atoms with Crippen molar-refractivity contribution in [2.45, 2.75) is 0 Å². The van der Waals surface area contributed by atoms with Crippen molar-refractivity contribution in [3.8, 4) is 11.3 Å². The van der Waals surface area contributed by atoms with Crippen LogP contribution >= 0.6 is 15.9 Å². The zero-order valence-corrected chi connectivity index (χ0v) is 15.3. The van der Waals surface area contributed by atoms with Crippen molar-refractivity contribution in [3.63, 3.8) is 0 Å². The molecule has 0 saturated carbocycles. The van der Waals surface area contributed by atoms with Gasteiger partial charge in [0, 0.05) is 9.86 Å². The molecular weight excluding hydrogens is 388 g/mol. The third-order valence-electron chi connectivity index (χ3n) is 4.65. The van der Waals surface area contributed by atoms with E-state index in [0.29, 0.717) is 11.0 Å². The number of hydrogen-bond donors (Lipinski definition) is 0. The summed E-state index contributed by atoms with van der Waals surface area (Å²) in [6.07, 6.45) is 0. The van der Waals surface area contributed by atoms with Crippen LogP contribution in [0.2, 0.25) is 0 Å². The first-order chi connectivity index (χ1) is 12.7. The molecule has 4 heteroatoms. The molecule has 2 heterocycles. The molecule has 3 nitrogen and oxygen atoms in total. The smallest absolute Gasteiger partial charge is 0.281 e. The van der Waals surface area contributed by atoms with E-state index in [-0.39, 0.29) is 5.56 Å². The molecule has 0 unspecified atom stereocenters.